The van der Waals surface area contributed by atoms with E-state index in [-0.39, 0.29) is 16.1 Å². The lowest BCUT2D eigenvalue weighted by Crippen LogP contribution is -2.05. The summed E-state index contributed by atoms with van der Waals surface area (Å²) in [6, 6.07) is 8.39. The van der Waals surface area contributed by atoms with Crippen LogP contribution in [0.1, 0.15) is 5.56 Å². The highest BCUT2D eigenvalue weighted by Crippen LogP contribution is 2.36. The van der Waals surface area contributed by atoms with Gasteiger partial charge in [-0.25, -0.2) is 4.39 Å². The van der Waals surface area contributed by atoms with Gasteiger partial charge in [0.25, 0.3) is 0 Å². The third-order valence-corrected chi connectivity index (χ3v) is 2.79. The summed E-state index contributed by atoms with van der Waals surface area (Å²) >= 11 is 5.82. The largest absolute Gasteiger partial charge is 0.416 e. The average molecular weight is 275 g/mol. The zero-order valence-corrected chi connectivity index (χ0v) is 9.69. The van der Waals surface area contributed by atoms with Crippen molar-refractivity contribution in [3.63, 3.8) is 0 Å². The summed E-state index contributed by atoms with van der Waals surface area (Å²) in [6.45, 7) is 0. The predicted molar refractivity (Wildman–Crippen MR) is 61.8 cm³/mol. The lowest BCUT2D eigenvalue weighted by Gasteiger charge is -2.11. The molecule has 0 N–H and O–H groups in total. The fourth-order valence-corrected chi connectivity index (χ4v) is 1.81. The SMILES string of the molecule is Fc1ccccc1-c1cc(C(F)(F)F)ccc1Cl. The van der Waals surface area contributed by atoms with E-state index in [0.717, 1.165) is 18.2 Å². The number of rotatable bonds is 1. The Morgan fingerprint density at radius 1 is 0.889 bits per heavy atom. The molecule has 0 saturated carbocycles. The molecule has 0 unspecified atom stereocenters. The molecule has 0 aromatic heterocycles. The number of benzene rings is 2. The predicted octanol–water partition coefficient (Wildman–Crippen LogP) is 5.16. The average Bonchev–Trinajstić information content (AvgIpc) is 2.29. The monoisotopic (exact) mass is 274 g/mol. The first-order chi connectivity index (χ1) is 8.39. The number of alkyl halides is 3. The van der Waals surface area contributed by atoms with Gasteiger partial charge < -0.3 is 0 Å². The molecule has 0 atom stereocenters. The van der Waals surface area contributed by atoms with Crippen LogP contribution in [0.5, 0.6) is 0 Å². The van der Waals surface area contributed by atoms with Gasteiger partial charge in [0.05, 0.1) is 5.56 Å². The lowest BCUT2D eigenvalue weighted by atomic mass is 10.0. The highest BCUT2D eigenvalue weighted by molar-refractivity contribution is 6.33. The van der Waals surface area contributed by atoms with Crippen LogP contribution >= 0.6 is 11.6 Å². The van der Waals surface area contributed by atoms with Gasteiger partial charge in [-0.15, -0.1) is 0 Å². The second-order valence-corrected chi connectivity index (χ2v) is 4.08. The summed E-state index contributed by atoms with van der Waals surface area (Å²) in [4.78, 5) is 0. The zero-order valence-electron chi connectivity index (χ0n) is 8.93. The van der Waals surface area contributed by atoms with E-state index in [1.54, 1.807) is 0 Å². The molecule has 0 aliphatic carbocycles. The Balaban J connectivity index is 2.61. The van der Waals surface area contributed by atoms with Crippen molar-refractivity contribution in [1.29, 1.82) is 0 Å². The fourth-order valence-electron chi connectivity index (χ4n) is 1.59. The molecule has 0 fully saturated rings. The minimum absolute atomic E-state index is 0.0320. The summed E-state index contributed by atoms with van der Waals surface area (Å²) in [7, 11) is 0. The Bertz CT molecular complexity index is 575. The Morgan fingerprint density at radius 2 is 1.56 bits per heavy atom. The van der Waals surface area contributed by atoms with Crippen LogP contribution in [0.3, 0.4) is 0 Å². The summed E-state index contributed by atoms with van der Waals surface area (Å²) in [5, 5.41) is 0.0769. The van der Waals surface area contributed by atoms with Crippen molar-refractivity contribution in [3.8, 4) is 11.1 Å². The van der Waals surface area contributed by atoms with E-state index < -0.39 is 17.6 Å². The molecular formula is C13H7ClF4. The quantitative estimate of drug-likeness (QED) is 0.630. The first-order valence-electron chi connectivity index (χ1n) is 5.01. The second-order valence-electron chi connectivity index (χ2n) is 3.67. The van der Waals surface area contributed by atoms with Crippen LogP contribution in [0.15, 0.2) is 42.5 Å². The smallest absolute Gasteiger partial charge is 0.206 e. The van der Waals surface area contributed by atoms with Crippen molar-refractivity contribution in [3.05, 3.63) is 58.9 Å². The molecule has 0 aliphatic rings. The lowest BCUT2D eigenvalue weighted by molar-refractivity contribution is -0.137. The molecule has 18 heavy (non-hydrogen) atoms. The zero-order chi connectivity index (χ0) is 13.3. The van der Waals surface area contributed by atoms with Crippen molar-refractivity contribution in [1.82, 2.24) is 0 Å². The van der Waals surface area contributed by atoms with Gasteiger partial charge in [0.2, 0.25) is 0 Å². The van der Waals surface area contributed by atoms with Gasteiger partial charge in [-0.2, -0.15) is 13.2 Å². The van der Waals surface area contributed by atoms with Crippen LogP contribution in [0.4, 0.5) is 17.6 Å². The Labute approximate surface area is 106 Å². The van der Waals surface area contributed by atoms with Gasteiger partial charge in [0.15, 0.2) is 0 Å². The molecule has 2 rings (SSSR count). The standard InChI is InChI=1S/C13H7ClF4/c14-11-6-5-8(13(16,17)18)7-10(11)9-3-1-2-4-12(9)15/h1-7H. The van der Waals surface area contributed by atoms with Crippen molar-refractivity contribution in [2.24, 2.45) is 0 Å². The Morgan fingerprint density at radius 3 is 2.17 bits per heavy atom. The molecule has 5 heteroatoms. The molecular weight excluding hydrogens is 268 g/mol. The third-order valence-electron chi connectivity index (χ3n) is 2.46. The van der Waals surface area contributed by atoms with E-state index in [4.69, 9.17) is 11.6 Å². The minimum Gasteiger partial charge on any atom is -0.206 e. The van der Waals surface area contributed by atoms with E-state index >= 15 is 0 Å². The summed E-state index contributed by atoms with van der Waals surface area (Å²) in [5.41, 5.74) is -0.775. The normalized spacial score (nSPS) is 11.6. The molecule has 0 heterocycles. The highest BCUT2D eigenvalue weighted by Gasteiger charge is 2.31. The second kappa shape index (κ2) is 4.61. The number of halogens is 5. The molecule has 0 saturated heterocycles. The number of hydrogen-bond acceptors (Lipinski definition) is 0. The van der Waals surface area contributed by atoms with Crippen LogP contribution in [0.2, 0.25) is 5.02 Å². The first-order valence-corrected chi connectivity index (χ1v) is 5.39. The van der Waals surface area contributed by atoms with Gasteiger partial charge in [-0.05, 0) is 24.3 Å². The van der Waals surface area contributed by atoms with Crippen molar-refractivity contribution in [2.45, 2.75) is 6.18 Å². The van der Waals surface area contributed by atoms with Crippen molar-refractivity contribution < 1.29 is 17.6 Å². The van der Waals surface area contributed by atoms with Crippen LogP contribution in [0, 0.1) is 5.82 Å². The van der Waals surface area contributed by atoms with Gasteiger partial charge in [0.1, 0.15) is 5.82 Å². The Kier molecular flexibility index (Phi) is 3.30. The first kappa shape index (κ1) is 12.9. The van der Waals surface area contributed by atoms with Crippen LogP contribution < -0.4 is 0 Å². The fraction of sp³-hybridized carbons (Fsp3) is 0.0769. The van der Waals surface area contributed by atoms with Gasteiger partial charge >= 0.3 is 6.18 Å². The van der Waals surface area contributed by atoms with E-state index in [1.165, 1.54) is 24.3 Å². The molecule has 0 amide bonds. The van der Waals surface area contributed by atoms with Crippen molar-refractivity contribution >= 4 is 11.6 Å². The minimum atomic E-state index is -4.48. The van der Waals surface area contributed by atoms with Crippen LogP contribution in [-0.2, 0) is 6.18 Å². The molecule has 2 aromatic rings. The molecule has 0 radical (unpaired) electrons. The van der Waals surface area contributed by atoms with E-state index in [0.29, 0.717) is 0 Å². The summed E-state index contributed by atoms with van der Waals surface area (Å²) in [6.07, 6.45) is -4.48. The molecule has 0 aliphatic heterocycles. The summed E-state index contributed by atoms with van der Waals surface area (Å²) in [5.74, 6) is -0.612. The van der Waals surface area contributed by atoms with Crippen LogP contribution in [0.25, 0.3) is 11.1 Å². The van der Waals surface area contributed by atoms with Gasteiger partial charge in [-0.1, -0.05) is 29.8 Å². The topological polar surface area (TPSA) is 0 Å². The summed E-state index contributed by atoms with van der Waals surface area (Å²) < 4.78 is 51.3. The van der Waals surface area contributed by atoms with Gasteiger partial charge in [-0.3, -0.25) is 0 Å². The maximum atomic E-state index is 13.5. The van der Waals surface area contributed by atoms with E-state index in [9.17, 15) is 17.6 Å². The molecule has 94 valence electrons. The number of hydrogen-bond donors (Lipinski definition) is 0. The highest BCUT2D eigenvalue weighted by atomic mass is 35.5. The molecule has 0 bridgehead atoms. The van der Waals surface area contributed by atoms with Gasteiger partial charge in [0, 0.05) is 16.1 Å². The van der Waals surface area contributed by atoms with E-state index in [1.807, 2.05) is 0 Å². The maximum absolute atomic E-state index is 13.5. The molecule has 0 spiro atoms. The van der Waals surface area contributed by atoms with Crippen LogP contribution in [-0.4, -0.2) is 0 Å². The van der Waals surface area contributed by atoms with E-state index in [2.05, 4.69) is 0 Å². The molecule has 2 aromatic carbocycles. The third kappa shape index (κ3) is 2.48. The Hall–Kier alpha value is -1.55. The van der Waals surface area contributed by atoms with Crippen molar-refractivity contribution in [2.75, 3.05) is 0 Å². The molecule has 0 nitrogen and oxygen atoms in total. The maximum Gasteiger partial charge on any atom is 0.416 e.